The largest absolute Gasteiger partial charge is 0.494 e. The van der Waals surface area contributed by atoms with E-state index in [1.165, 1.54) is 0 Å². The molecule has 0 atom stereocenters. The molecule has 0 bridgehead atoms. The van der Waals surface area contributed by atoms with Crippen molar-refractivity contribution in [3.05, 3.63) is 32.3 Å². The van der Waals surface area contributed by atoms with Crippen LogP contribution in [0.3, 0.4) is 0 Å². The second-order valence-corrected chi connectivity index (χ2v) is 5.28. The molecule has 4 nitrogen and oxygen atoms in total. The van der Waals surface area contributed by atoms with Gasteiger partial charge < -0.3 is 9.47 Å². The van der Waals surface area contributed by atoms with Crippen molar-refractivity contribution in [1.29, 1.82) is 0 Å². The lowest BCUT2D eigenvalue weighted by atomic mass is 10.2. The zero-order valence-corrected chi connectivity index (χ0v) is 12.8. The molecular weight excluding hydrogens is 366 g/mol. The summed E-state index contributed by atoms with van der Waals surface area (Å²) in [5.41, 5.74) is 1.11. The summed E-state index contributed by atoms with van der Waals surface area (Å²) in [5.74, 6) is 0.624. The maximum Gasteiger partial charge on any atom is 0.363 e. The molecule has 1 aromatic carbocycles. The molecule has 0 radical (unpaired) electrons. The number of aliphatic imine (C=N–C) groups is 1. The summed E-state index contributed by atoms with van der Waals surface area (Å²) in [6.45, 7) is 1.64. The zero-order chi connectivity index (χ0) is 13.3. The number of rotatable bonds is 2. The zero-order valence-electron chi connectivity index (χ0n) is 9.66. The number of benzene rings is 1. The van der Waals surface area contributed by atoms with Gasteiger partial charge in [0.25, 0.3) is 0 Å². The number of nitrogens with zero attached hydrogens (tertiary/aromatic N) is 1. The molecular formula is C12H9Br2NO3. The number of carbonyl (C=O) groups is 1. The Balaban J connectivity index is 2.42. The predicted molar refractivity (Wildman–Crippen MR) is 75.6 cm³/mol. The van der Waals surface area contributed by atoms with Gasteiger partial charge in [0.2, 0.25) is 0 Å². The summed E-state index contributed by atoms with van der Waals surface area (Å²) in [4.78, 5) is 15.4. The van der Waals surface area contributed by atoms with Gasteiger partial charge in [0.15, 0.2) is 11.6 Å². The van der Waals surface area contributed by atoms with Gasteiger partial charge in [0.1, 0.15) is 5.75 Å². The van der Waals surface area contributed by atoms with Gasteiger partial charge in [-0.2, -0.15) is 0 Å². The fourth-order valence-corrected chi connectivity index (χ4v) is 3.08. The van der Waals surface area contributed by atoms with E-state index in [9.17, 15) is 4.79 Å². The van der Waals surface area contributed by atoms with Gasteiger partial charge in [-0.25, -0.2) is 9.79 Å². The van der Waals surface area contributed by atoms with Crippen LogP contribution in [0.4, 0.5) is 0 Å². The van der Waals surface area contributed by atoms with E-state index >= 15 is 0 Å². The Morgan fingerprint density at radius 2 is 1.94 bits per heavy atom. The Bertz CT molecular complexity index is 556. The highest BCUT2D eigenvalue weighted by Crippen LogP contribution is 2.35. The minimum Gasteiger partial charge on any atom is -0.494 e. The SMILES string of the molecule is COc1c(Br)cc(/C=C2\N=C(C)OC2=O)cc1Br. The van der Waals surface area contributed by atoms with Crippen molar-refractivity contribution in [2.75, 3.05) is 7.11 Å². The van der Waals surface area contributed by atoms with Crippen LogP contribution in [0.25, 0.3) is 6.08 Å². The van der Waals surface area contributed by atoms with E-state index in [0.717, 1.165) is 14.5 Å². The molecule has 0 amide bonds. The van der Waals surface area contributed by atoms with E-state index in [-0.39, 0.29) is 5.70 Å². The Hall–Kier alpha value is -1.14. The molecule has 0 N–H and O–H groups in total. The Labute approximate surface area is 121 Å². The molecule has 0 unspecified atom stereocenters. The third-order valence-corrected chi connectivity index (χ3v) is 3.43. The van der Waals surface area contributed by atoms with Crippen molar-refractivity contribution in [3.63, 3.8) is 0 Å². The molecule has 1 aliphatic rings. The van der Waals surface area contributed by atoms with E-state index in [2.05, 4.69) is 36.9 Å². The Morgan fingerprint density at radius 3 is 2.39 bits per heavy atom. The second-order valence-electron chi connectivity index (χ2n) is 3.57. The number of esters is 1. The van der Waals surface area contributed by atoms with E-state index in [1.54, 1.807) is 20.1 Å². The molecule has 1 aromatic rings. The first-order valence-electron chi connectivity index (χ1n) is 5.03. The van der Waals surface area contributed by atoms with Crippen LogP contribution in [-0.4, -0.2) is 19.0 Å². The van der Waals surface area contributed by atoms with Crippen molar-refractivity contribution in [1.82, 2.24) is 0 Å². The molecule has 0 saturated carbocycles. The number of hydrogen-bond donors (Lipinski definition) is 0. The first-order chi connectivity index (χ1) is 8.51. The van der Waals surface area contributed by atoms with E-state index in [1.807, 2.05) is 12.1 Å². The summed E-state index contributed by atoms with van der Waals surface area (Å²) in [6.07, 6.45) is 1.66. The van der Waals surface area contributed by atoms with Crippen LogP contribution in [-0.2, 0) is 9.53 Å². The summed E-state index contributed by atoms with van der Waals surface area (Å²) in [7, 11) is 1.59. The lowest BCUT2D eigenvalue weighted by Gasteiger charge is -2.07. The molecule has 1 heterocycles. The molecule has 94 valence electrons. The highest BCUT2D eigenvalue weighted by atomic mass is 79.9. The monoisotopic (exact) mass is 373 g/mol. The summed E-state index contributed by atoms with van der Waals surface area (Å²) < 4.78 is 11.6. The van der Waals surface area contributed by atoms with Gasteiger partial charge in [-0.05, 0) is 55.6 Å². The van der Waals surface area contributed by atoms with Crippen LogP contribution in [0.5, 0.6) is 5.75 Å². The molecule has 0 fully saturated rings. The molecule has 1 aliphatic heterocycles. The number of ether oxygens (including phenoxy) is 2. The third kappa shape index (κ3) is 2.64. The number of hydrogen-bond acceptors (Lipinski definition) is 4. The first kappa shape index (κ1) is 13.3. The Morgan fingerprint density at radius 1 is 1.33 bits per heavy atom. The van der Waals surface area contributed by atoms with Gasteiger partial charge >= 0.3 is 5.97 Å². The van der Waals surface area contributed by atoms with E-state index < -0.39 is 5.97 Å². The van der Waals surface area contributed by atoms with Crippen LogP contribution in [0.2, 0.25) is 0 Å². The number of methoxy groups -OCH3 is 1. The Kier molecular flexibility index (Phi) is 3.87. The third-order valence-electron chi connectivity index (χ3n) is 2.26. The highest BCUT2D eigenvalue weighted by molar-refractivity contribution is 9.11. The van der Waals surface area contributed by atoms with Gasteiger partial charge in [0, 0.05) is 6.92 Å². The molecule has 18 heavy (non-hydrogen) atoms. The maximum atomic E-state index is 11.4. The summed E-state index contributed by atoms with van der Waals surface area (Å²) >= 11 is 6.80. The van der Waals surface area contributed by atoms with Crippen LogP contribution in [0.1, 0.15) is 12.5 Å². The van der Waals surface area contributed by atoms with E-state index in [0.29, 0.717) is 11.6 Å². The fourth-order valence-electron chi connectivity index (χ4n) is 1.53. The summed E-state index contributed by atoms with van der Waals surface area (Å²) in [6, 6.07) is 3.68. The predicted octanol–water partition coefficient (Wildman–Crippen LogP) is 3.54. The van der Waals surface area contributed by atoms with Crippen molar-refractivity contribution in [2.24, 2.45) is 4.99 Å². The van der Waals surface area contributed by atoms with Crippen molar-refractivity contribution in [3.8, 4) is 5.75 Å². The van der Waals surface area contributed by atoms with E-state index in [4.69, 9.17) is 9.47 Å². The van der Waals surface area contributed by atoms with Crippen molar-refractivity contribution in [2.45, 2.75) is 6.92 Å². The minimum absolute atomic E-state index is 0.288. The average Bonchev–Trinajstić information content (AvgIpc) is 2.57. The molecule has 0 saturated heterocycles. The standard InChI is InChI=1S/C12H9Br2NO3/c1-6-15-10(12(16)18-6)5-7-3-8(13)11(17-2)9(14)4-7/h3-5H,1-2H3/b10-5-. The van der Waals surface area contributed by atoms with Crippen molar-refractivity contribution >= 4 is 49.8 Å². The maximum absolute atomic E-state index is 11.4. The molecule has 0 aromatic heterocycles. The molecule has 0 aliphatic carbocycles. The second kappa shape index (κ2) is 5.24. The van der Waals surface area contributed by atoms with Crippen LogP contribution >= 0.6 is 31.9 Å². The first-order valence-corrected chi connectivity index (χ1v) is 6.62. The lowest BCUT2D eigenvalue weighted by molar-refractivity contribution is -0.130. The van der Waals surface area contributed by atoms with Crippen LogP contribution < -0.4 is 4.74 Å². The van der Waals surface area contributed by atoms with Gasteiger partial charge in [-0.3, -0.25) is 0 Å². The van der Waals surface area contributed by atoms with Crippen LogP contribution in [0, 0.1) is 0 Å². The van der Waals surface area contributed by atoms with Crippen molar-refractivity contribution < 1.29 is 14.3 Å². The number of carbonyl (C=O) groups excluding carboxylic acids is 1. The number of cyclic esters (lactones) is 1. The van der Waals surface area contributed by atoms with Gasteiger partial charge in [-0.15, -0.1) is 0 Å². The molecule has 2 rings (SSSR count). The lowest BCUT2D eigenvalue weighted by Crippen LogP contribution is -1.99. The topological polar surface area (TPSA) is 47.9 Å². The number of halogens is 2. The average molecular weight is 375 g/mol. The fraction of sp³-hybridized carbons (Fsp3) is 0.167. The van der Waals surface area contributed by atoms with Crippen LogP contribution in [0.15, 0.2) is 31.8 Å². The summed E-state index contributed by atoms with van der Waals surface area (Å²) in [5, 5.41) is 0. The van der Waals surface area contributed by atoms with Gasteiger partial charge in [0.05, 0.1) is 16.1 Å². The molecule has 0 spiro atoms. The molecule has 6 heteroatoms. The normalized spacial score (nSPS) is 16.8. The quantitative estimate of drug-likeness (QED) is 0.587. The minimum atomic E-state index is -0.435. The van der Waals surface area contributed by atoms with Gasteiger partial charge in [-0.1, -0.05) is 0 Å². The smallest absolute Gasteiger partial charge is 0.363 e. The highest BCUT2D eigenvalue weighted by Gasteiger charge is 2.19.